The molecule has 172 valence electrons. The molecule has 1 unspecified atom stereocenters. The van der Waals surface area contributed by atoms with Crippen LogP contribution in [-0.4, -0.2) is 53.6 Å². The first-order chi connectivity index (χ1) is 15.7. The topological polar surface area (TPSA) is 134 Å². The van der Waals surface area contributed by atoms with Crippen LogP contribution in [0, 0.1) is 5.82 Å². The van der Waals surface area contributed by atoms with Gasteiger partial charge in [0.05, 0.1) is 7.11 Å². The van der Waals surface area contributed by atoms with E-state index in [0.29, 0.717) is 11.3 Å². The number of benzene rings is 2. The van der Waals surface area contributed by atoms with Crippen molar-refractivity contribution in [2.75, 3.05) is 19.0 Å². The number of carboxylic acid groups (broad SMARTS) is 1. The van der Waals surface area contributed by atoms with Crippen LogP contribution in [0.5, 0.6) is 11.5 Å². The molecule has 33 heavy (non-hydrogen) atoms. The van der Waals surface area contributed by atoms with Crippen molar-refractivity contribution >= 4 is 35.6 Å². The molecule has 1 heterocycles. The number of aliphatic carboxylic acids is 1. The summed E-state index contributed by atoms with van der Waals surface area (Å²) in [4.78, 5) is 48.7. The summed E-state index contributed by atoms with van der Waals surface area (Å²) in [5, 5.41) is 13.9. The molecule has 2 aromatic rings. The summed E-state index contributed by atoms with van der Waals surface area (Å²) in [5.74, 6) is -2.55. The number of rotatable bonds is 8. The van der Waals surface area contributed by atoms with Crippen LogP contribution in [0.25, 0.3) is 6.08 Å². The highest BCUT2D eigenvalue weighted by molar-refractivity contribution is 6.15. The molecule has 0 bridgehead atoms. The zero-order chi connectivity index (χ0) is 24.1. The highest BCUT2D eigenvalue weighted by Crippen LogP contribution is 2.30. The van der Waals surface area contributed by atoms with Gasteiger partial charge in [-0.05, 0) is 55.0 Å². The van der Waals surface area contributed by atoms with Gasteiger partial charge in [-0.15, -0.1) is 0 Å². The number of hydrogen-bond donors (Lipinski definition) is 3. The minimum Gasteiger partial charge on any atom is -0.493 e. The van der Waals surface area contributed by atoms with E-state index >= 15 is 0 Å². The van der Waals surface area contributed by atoms with Crippen LogP contribution < -0.4 is 20.1 Å². The lowest BCUT2D eigenvalue weighted by Gasteiger charge is -2.14. The molecule has 0 radical (unpaired) electrons. The van der Waals surface area contributed by atoms with Crippen molar-refractivity contribution in [3.63, 3.8) is 0 Å². The summed E-state index contributed by atoms with van der Waals surface area (Å²) in [5.41, 5.74) is 0.712. The average molecular weight is 457 g/mol. The van der Waals surface area contributed by atoms with Crippen LogP contribution >= 0.6 is 0 Å². The molecule has 0 aliphatic carbocycles. The second kappa shape index (κ2) is 9.81. The zero-order valence-electron chi connectivity index (χ0n) is 17.6. The Labute approximate surface area is 187 Å². The highest BCUT2D eigenvalue weighted by Gasteiger charge is 2.35. The Balaban J connectivity index is 1.71. The smallest absolute Gasteiger partial charge is 0.344 e. The summed E-state index contributed by atoms with van der Waals surface area (Å²) in [6.45, 7) is 0.827. The number of nitrogens with one attached hydrogen (secondary N) is 2. The van der Waals surface area contributed by atoms with Crippen LogP contribution in [0.2, 0.25) is 0 Å². The number of carbonyl (C=O) groups excluding carboxylic acids is 3. The number of carbonyl (C=O) groups is 4. The number of hydrogen-bond acceptors (Lipinski definition) is 6. The van der Waals surface area contributed by atoms with Crippen molar-refractivity contribution in [3.8, 4) is 11.5 Å². The van der Waals surface area contributed by atoms with Crippen molar-refractivity contribution in [3.05, 3.63) is 59.5 Å². The van der Waals surface area contributed by atoms with Crippen molar-refractivity contribution in [2.45, 2.75) is 13.0 Å². The maximum absolute atomic E-state index is 13.0. The SMILES string of the molecule is COc1cc(/C=C2/NC(=O)N(CC(=O)Nc3ccc(F)cc3)C2=O)ccc1OC(C)C(=O)O. The molecule has 1 saturated heterocycles. The largest absolute Gasteiger partial charge is 0.493 e. The molecular weight excluding hydrogens is 437 g/mol. The monoisotopic (exact) mass is 457 g/mol. The molecule has 1 aliphatic heterocycles. The first kappa shape index (κ1) is 23.3. The number of halogens is 1. The number of anilines is 1. The second-order valence-electron chi connectivity index (χ2n) is 6.94. The zero-order valence-corrected chi connectivity index (χ0v) is 17.6. The van der Waals surface area contributed by atoms with Crippen LogP contribution in [0.15, 0.2) is 48.2 Å². The second-order valence-corrected chi connectivity index (χ2v) is 6.94. The third-order valence-corrected chi connectivity index (χ3v) is 4.54. The summed E-state index contributed by atoms with van der Waals surface area (Å²) in [6.07, 6.45) is 0.277. The van der Waals surface area contributed by atoms with E-state index in [-0.39, 0.29) is 17.2 Å². The Hall–Kier alpha value is -4.41. The Morgan fingerprint density at radius 2 is 1.88 bits per heavy atom. The Morgan fingerprint density at radius 3 is 2.52 bits per heavy atom. The maximum atomic E-state index is 13.0. The van der Waals surface area contributed by atoms with Crippen molar-refractivity contribution in [2.24, 2.45) is 0 Å². The quantitative estimate of drug-likeness (QED) is 0.409. The number of amides is 4. The number of nitrogens with zero attached hydrogens (tertiary/aromatic N) is 1. The molecule has 0 saturated carbocycles. The molecule has 2 aromatic carbocycles. The number of carboxylic acids is 1. The molecule has 1 aliphatic rings. The highest BCUT2D eigenvalue weighted by atomic mass is 19.1. The van der Waals surface area contributed by atoms with Gasteiger partial charge in [0, 0.05) is 5.69 Å². The van der Waals surface area contributed by atoms with Gasteiger partial charge in [-0.25, -0.2) is 18.9 Å². The summed E-state index contributed by atoms with van der Waals surface area (Å²) in [6, 6.07) is 8.77. The minimum absolute atomic E-state index is 0.0655. The van der Waals surface area contributed by atoms with E-state index in [2.05, 4.69) is 10.6 Å². The van der Waals surface area contributed by atoms with Gasteiger partial charge >= 0.3 is 12.0 Å². The summed E-state index contributed by atoms with van der Waals surface area (Å²) >= 11 is 0. The van der Waals surface area contributed by atoms with E-state index in [9.17, 15) is 23.6 Å². The Kier molecular flexibility index (Phi) is 6.91. The maximum Gasteiger partial charge on any atom is 0.344 e. The number of ether oxygens (including phenoxy) is 2. The molecule has 1 fully saturated rings. The molecule has 1 atom stereocenters. The van der Waals surface area contributed by atoms with Gasteiger partial charge in [0.15, 0.2) is 17.6 Å². The van der Waals surface area contributed by atoms with Crippen LogP contribution in [0.4, 0.5) is 14.9 Å². The fraction of sp³-hybridized carbons (Fsp3) is 0.182. The Morgan fingerprint density at radius 1 is 1.18 bits per heavy atom. The number of imide groups is 1. The van der Waals surface area contributed by atoms with Gasteiger partial charge in [-0.1, -0.05) is 6.07 Å². The van der Waals surface area contributed by atoms with Gasteiger partial charge in [-0.3, -0.25) is 9.59 Å². The van der Waals surface area contributed by atoms with E-state index < -0.39 is 42.3 Å². The van der Waals surface area contributed by atoms with Gasteiger partial charge in [0.25, 0.3) is 5.91 Å². The molecule has 4 amide bonds. The fourth-order valence-electron chi connectivity index (χ4n) is 2.87. The van der Waals surface area contributed by atoms with Crippen molar-refractivity contribution in [1.82, 2.24) is 10.2 Å². The lowest BCUT2D eigenvalue weighted by Crippen LogP contribution is -2.38. The fourth-order valence-corrected chi connectivity index (χ4v) is 2.87. The summed E-state index contributed by atoms with van der Waals surface area (Å²) < 4.78 is 23.5. The van der Waals surface area contributed by atoms with Crippen LogP contribution in [-0.2, 0) is 14.4 Å². The third kappa shape index (κ3) is 5.64. The predicted octanol–water partition coefficient (Wildman–Crippen LogP) is 2.22. The molecule has 11 heteroatoms. The van der Waals surface area contributed by atoms with E-state index in [4.69, 9.17) is 14.6 Å². The molecule has 3 N–H and O–H groups in total. The third-order valence-electron chi connectivity index (χ3n) is 4.54. The van der Waals surface area contributed by atoms with Gasteiger partial charge in [-0.2, -0.15) is 0 Å². The normalized spacial score (nSPS) is 15.2. The minimum atomic E-state index is -1.15. The lowest BCUT2D eigenvalue weighted by atomic mass is 10.1. The van der Waals surface area contributed by atoms with Gasteiger partial charge in [0.1, 0.15) is 18.1 Å². The van der Waals surface area contributed by atoms with E-state index in [1.807, 2.05) is 0 Å². The summed E-state index contributed by atoms with van der Waals surface area (Å²) in [7, 11) is 1.37. The van der Waals surface area contributed by atoms with Crippen LogP contribution in [0.1, 0.15) is 12.5 Å². The van der Waals surface area contributed by atoms with Crippen LogP contribution in [0.3, 0.4) is 0 Å². The standard InChI is InChI=1S/C22H20FN3O7/c1-12(21(29)30)33-17-8-3-13(10-18(17)32-2)9-16-20(28)26(22(31)25-16)11-19(27)24-15-6-4-14(23)5-7-15/h3-10,12H,11H2,1-2H3,(H,24,27)(H,25,31)(H,29,30)/b16-9+. The lowest BCUT2D eigenvalue weighted by molar-refractivity contribution is -0.144. The van der Waals surface area contributed by atoms with Gasteiger partial charge in [0.2, 0.25) is 5.91 Å². The molecule has 0 aromatic heterocycles. The molecule has 10 nitrogen and oxygen atoms in total. The van der Waals surface area contributed by atoms with Crippen molar-refractivity contribution in [1.29, 1.82) is 0 Å². The number of urea groups is 1. The van der Waals surface area contributed by atoms with E-state index in [1.165, 1.54) is 44.4 Å². The molecular formula is C22H20FN3O7. The first-order valence-electron chi connectivity index (χ1n) is 9.65. The van der Waals surface area contributed by atoms with Crippen molar-refractivity contribution < 1.29 is 38.1 Å². The average Bonchev–Trinajstić information content (AvgIpc) is 3.03. The predicted molar refractivity (Wildman–Crippen MR) is 114 cm³/mol. The molecule has 0 spiro atoms. The Bertz CT molecular complexity index is 1130. The number of methoxy groups -OCH3 is 1. The molecule has 3 rings (SSSR count). The first-order valence-corrected chi connectivity index (χ1v) is 9.65. The van der Waals surface area contributed by atoms with E-state index in [0.717, 1.165) is 17.0 Å². The van der Waals surface area contributed by atoms with Gasteiger partial charge < -0.3 is 25.2 Å². The van der Waals surface area contributed by atoms with E-state index in [1.54, 1.807) is 6.07 Å².